The molecule has 2 aromatic rings. The zero-order valence-corrected chi connectivity index (χ0v) is 13.0. The highest BCUT2D eigenvalue weighted by Gasteiger charge is 2.21. The average molecular weight is 292 g/mol. The molecule has 0 saturated carbocycles. The van der Waals surface area contributed by atoms with Crippen LogP contribution in [-0.2, 0) is 6.54 Å². The second kappa shape index (κ2) is 5.66. The van der Waals surface area contributed by atoms with Gasteiger partial charge in [-0.2, -0.15) is 5.10 Å². The molecule has 108 valence electrons. The van der Waals surface area contributed by atoms with Gasteiger partial charge in [0.1, 0.15) is 5.69 Å². The van der Waals surface area contributed by atoms with E-state index in [9.17, 15) is 4.79 Å². The van der Waals surface area contributed by atoms with E-state index in [1.165, 1.54) is 4.88 Å². The summed E-state index contributed by atoms with van der Waals surface area (Å²) < 4.78 is 1.65. The van der Waals surface area contributed by atoms with E-state index in [1.54, 1.807) is 16.0 Å². The number of nitrogens with two attached hydrogens (primary N) is 1. The van der Waals surface area contributed by atoms with Crippen LogP contribution in [0.4, 0.5) is 5.69 Å². The van der Waals surface area contributed by atoms with Crippen LogP contribution < -0.4 is 11.1 Å². The number of anilines is 1. The lowest BCUT2D eigenvalue weighted by Gasteiger charge is -2.13. The third-order valence-electron chi connectivity index (χ3n) is 3.22. The van der Waals surface area contributed by atoms with E-state index in [-0.39, 0.29) is 11.9 Å². The van der Waals surface area contributed by atoms with Crippen molar-refractivity contribution in [1.82, 2.24) is 15.1 Å². The zero-order valence-electron chi connectivity index (χ0n) is 12.2. The fourth-order valence-corrected chi connectivity index (χ4v) is 2.97. The van der Waals surface area contributed by atoms with Crippen LogP contribution in [0.15, 0.2) is 12.1 Å². The quantitative estimate of drug-likeness (QED) is 0.910. The average Bonchev–Trinajstić information content (AvgIpc) is 2.94. The van der Waals surface area contributed by atoms with Crippen molar-refractivity contribution < 1.29 is 4.79 Å². The van der Waals surface area contributed by atoms with Gasteiger partial charge >= 0.3 is 0 Å². The molecule has 6 heteroatoms. The van der Waals surface area contributed by atoms with Gasteiger partial charge in [-0.05, 0) is 39.8 Å². The molecule has 0 spiro atoms. The molecule has 0 aliphatic rings. The summed E-state index contributed by atoms with van der Waals surface area (Å²) in [7, 11) is 0. The van der Waals surface area contributed by atoms with Crippen LogP contribution in [0, 0.1) is 13.8 Å². The molecule has 1 amide bonds. The maximum Gasteiger partial charge on any atom is 0.272 e. The number of thiophene rings is 1. The molecule has 0 bridgehead atoms. The first-order valence-corrected chi connectivity index (χ1v) is 7.45. The van der Waals surface area contributed by atoms with Crippen molar-refractivity contribution >= 4 is 22.9 Å². The number of aryl methyl sites for hydroxylation is 3. The van der Waals surface area contributed by atoms with Crippen LogP contribution in [0.25, 0.3) is 0 Å². The third-order valence-corrected chi connectivity index (χ3v) is 4.41. The van der Waals surface area contributed by atoms with E-state index >= 15 is 0 Å². The fraction of sp³-hybridized carbons (Fsp3) is 0.429. The SMILES string of the molecule is CCn1nc(C)c(N)c1C(=O)NC(C)c1ccc(C)s1. The summed E-state index contributed by atoms with van der Waals surface area (Å²) in [5.74, 6) is -0.177. The third kappa shape index (κ3) is 2.70. The maximum absolute atomic E-state index is 12.4. The minimum atomic E-state index is -0.177. The number of nitrogen functional groups attached to an aromatic ring is 1. The molecule has 1 atom stereocenters. The second-order valence-electron chi connectivity index (χ2n) is 4.81. The molecule has 0 saturated heterocycles. The lowest BCUT2D eigenvalue weighted by molar-refractivity contribution is 0.0930. The molecule has 3 N–H and O–H groups in total. The van der Waals surface area contributed by atoms with Gasteiger partial charge in [-0.15, -0.1) is 11.3 Å². The van der Waals surface area contributed by atoms with E-state index in [0.717, 1.165) is 4.88 Å². The largest absolute Gasteiger partial charge is 0.395 e. The van der Waals surface area contributed by atoms with Crippen molar-refractivity contribution in [2.24, 2.45) is 0 Å². The van der Waals surface area contributed by atoms with Gasteiger partial charge in [-0.3, -0.25) is 9.48 Å². The molecule has 5 nitrogen and oxygen atoms in total. The maximum atomic E-state index is 12.4. The highest BCUT2D eigenvalue weighted by molar-refractivity contribution is 7.12. The Kier molecular flexibility index (Phi) is 4.13. The number of carbonyl (C=O) groups is 1. The van der Waals surface area contributed by atoms with Crippen LogP contribution in [0.3, 0.4) is 0 Å². The van der Waals surface area contributed by atoms with Crippen LogP contribution >= 0.6 is 11.3 Å². The molecule has 2 rings (SSSR count). The van der Waals surface area contributed by atoms with Crippen molar-refractivity contribution in [2.45, 2.75) is 40.3 Å². The highest BCUT2D eigenvalue weighted by Crippen LogP contribution is 2.23. The van der Waals surface area contributed by atoms with Gasteiger partial charge in [-0.1, -0.05) is 0 Å². The number of nitrogens with one attached hydrogen (secondary N) is 1. The zero-order chi connectivity index (χ0) is 14.9. The number of aromatic nitrogens is 2. The Hall–Kier alpha value is -1.82. The summed E-state index contributed by atoms with van der Waals surface area (Å²) in [6, 6.07) is 4.05. The Balaban J connectivity index is 2.20. The molecule has 0 radical (unpaired) electrons. The van der Waals surface area contributed by atoms with Crippen LogP contribution in [-0.4, -0.2) is 15.7 Å². The van der Waals surface area contributed by atoms with Crippen molar-refractivity contribution in [1.29, 1.82) is 0 Å². The van der Waals surface area contributed by atoms with Gasteiger partial charge < -0.3 is 11.1 Å². The molecule has 20 heavy (non-hydrogen) atoms. The lowest BCUT2D eigenvalue weighted by Crippen LogP contribution is -2.29. The minimum Gasteiger partial charge on any atom is -0.395 e. The van der Waals surface area contributed by atoms with Crippen LogP contribution in [0.5, 0.6) is 0 Å². The molecular formula is C14H20N4OS. The first-order chi connectivity index (χ1) is 9.43. The normalized spacial score (nSPS) is 12.4. The van der Waals surface area contributed by atoms with Gasteiger partial charge in [0.2, 0.25) is 0 Å². The van der Waals surface area contributed by atoms with Crippen molar-refractivity contribution in [3.05, 3.63) is 33.3 Å². The molecule has 0 aliphatic carbocycles. The smallest absolute Gasteiger partial charge is 0.272 e. The van der Waals surface area contributed by atoms with E-state index in [0.29, 0.717) is 23.6 Å². The van der Waals surface area contributed by atoms with Gasteiger partial charge in [0.05, 0.1) is 17.4 Å². The molecule has 2 heterocycles. The number of hydrogen-bond donors (Lipinski definition) is 2. The highest BCUT2D eigenvalue weighted by atomic mass is 32.1. The molecule has 1 unspecified atom stereocenters. The summed E-state index contributed by atoms with van der Waals surface area (Å²) in [4.78, 5) is 14.8. The summed E-state index contributed by atoms with van der Waals surface area (Å²) in [5.41, 5.74) is 7.55. The molecular weight excluding hydrogens is 272 g/mol. The second-order valence-corrected chi connectivity index (χ2v) is 6.13. The van der Waals surface area contributed by atoms with Gasteiger partial charge in [0.15, 0.2) is 0 Å². The predicted octanol–water partition coefficient (Wildman–Crippen LogP) is 2.65. The summed E-state index contributed by atoms with van der Waals surface area (Å²) >= 11 is 1.68. The first kappa shape index (κ1) is 14.6. The summed E-state index contributed by atoms with van der Waals surface area (Å²) in [6.07, 6.45) is 0. The topological polar surface area (TPSA) is 72.9 Å². The predicted molar refractivity (Wildman–Crippen MR) is 82.0 cm³/mol. The Bertz CT molecular complexity index is 629. The van der Waals surface area contributed by atoms with Gasteiger partial charge in [0.25, 0.3) is 5.91 Å². The Morgan fingerprint density at radius 3 is 2.75 bits per heavy atom. The number of amides is 1. The standard InChI is InChI=1S/C14H20N4OS/c1-5-18-13(12(15)10(4)17-18)14(19)16-9(3)11-7-6-8(2)20-11/h6-7,9H,5,15H2,1-4H3,(H,16,19). The van der Waals surface area contributed by atoms with Crippen LogP contribution in [0.1, 0.15) is 45.8 Å². The number of rotatable bonds is 4. The molecule has 0 aromatic carbocycles. The first-order valence-electron chi connectivity index (χ1n) is 6.64. The Morgan fingerprint density at radius 1 is 1.50 bits per heavy atom. The van der Waals surface area contributed by atoms with E-state index in [4.69, 9.17) is 5.73 Å². The van der Waals surface area contributed by atoms with E-state index < -0.39 is 0 Å². The minimum absolute atomic E-state index is 0.0406. The van der Waals surface area contributed by atoms with Crippen molar-refractivity contribution in [2.75, 3.05) is 5.73 Å². The summed E-state index contributed by atoms with van der Waals surface area (Å²) in [6.45, 7) is 8.39. The molecule has 0 aliphatic heterocycles. The van der Waals surface area contributed by atoms with E-state index in [1.807, 2.05) is 26.8 Å². The Labute approximate surface area is 122 Å². The molecule has 0 fully saturated rings. The monoisotopic (exact) mass is 292 g/mol. The lowest BCUT2D eigenvalue weighted by atomic mass is 10.2. The molecule has 2 aromatic heterocycles. The number of nitrogens with zero attached hydrogens (tertiary/aromatic N) is 2. The van der Waals surface area contributed by atoms with E-state index in [2.05, 4.69) is 23.4 Å². The number of hydrogen-bond acceptors (Lipinski definition) is 4. The van der Waals surface area contributed by atoms with Crippen LogP contribution in [0.2, 0.25) is 0 Å². The van der Waals surface area contributed by atoms with Gasteiger partial charge in [0, 0.05) is 16.3 Å². The fourth-order valence-electron chi connectivity index (χ4n) is 2.09. The number of carbonyl (C=O) groups excluding carboxylic acids is 1. The van der Waals surface area contributed by atoms with Crippen molar-refractivity contribution in [3.63, 3.8) is 0 Å². The summed E-state index contributed by atoms with van der Waals surface area (Å²) in [5, 5.41) is 7.25. The van der Waals surface area contributed by atoms with Crippen molar-refractivity contribution in [3.8, 4) is 0 Å². The van der Waals surface area contributed by atoms with Gasteiger partial charge in [-0.25, -0.2) is 0 Å². The Morgan fingerprint density at radius 2 is 2.20 bits per heavy atom.